The topological polar surface area (TPSA) is 0 Å². The zero-order valence-electron chi connectivity index (χ0n) is 18.7. The Bertz CT molecular complexity index is 484. The van der Waals surface area contributed by atoms with Crippen LogP contribution in [0.3, 0.4) is 0 Å². The molecule has 3 fully saturated rings. The second kappa shape index (κ2) is 11.6. The molecular formula is C27H45F. The predicted molar refractivity (Wildman–Crippen MR) is 119 cm³/mol. The van der Waals surface area contributed by atoms with E-state index in [1.807, 2.05) is 0 Å². The van der Waals surface area contributed by atoms with Crippen molar-refractivity contribution in [1.82, 2.24) is 0 Å². The fourth-order valence-electron chi connectivity index (χ4n) is 6.33. The molecule has 0 heterocycles. The van der Waals surface area contributed by atoms with E-state index in [-0.39, 0.29) is 5.92 Å². The molecule has 3 unspecified atom stereocenters. The fourth-order valence-corrected chi connectivity index (χ4v) is 6.33. The van der Waals surface area contributed by atoms with Crippen molar-refractivity contribution in [2.24, 2.45) is 35.5 Å². The first kappa shape index (κ1) is 22.2. The van der Waals surface area contributed by atoms with E-state index < -0.39 is 6.17 Å². The second-order valence-electron chi connectivity index (χ2n) is 10.4. The van der Waals surface area contributed by atoms with Crippen LogP contribution in [0.15, 0.2) is 0 Å². The molecule has 0 aliphatic heterocycles. The van der Waals surface area contributed by atoms with E-state index in [1.54, 1.807) is 0 Å². The van der Waals surface area contributed by atoms with Crippen LogP contribution in [0, 0.1) is 47.3 Å². The van der Waals surface area contributed by atoms with Crippen LogP contribution in [0.5, 0.6) is 0 Å². The lowest BCUT2D eigenvalue weighted by Crippen LogP contribution is -2.26. The number of hydrogen-bond acceptors (Lipinski definition) is 0. The Balaban J connectivity index is 1.37. The summed E-state index contributed by atoms with van der Waals surface area (Å²) in [6.07, 6.45) is 20.0. The van der Waals surface area contributed by atoms with E-state index in [4.69, 9.17) is 0 Å². The molecule has 0 radical (unpaired) electrons. The van der Waals surface area contributed by atoms with Crippen molar-refractivity contribution >= 4 is 0 Å². The fraction of sp³-hybridized carbons (Fsp3) is 0.926. The summed E-state index contributed by atoms with van der Waals surface area (Å²) in [5.74, 6) is 11.1. The molecule has 3 atom stereocenters. The molecule has 0 aromatic carbocycles. The third-order valence-corrected chi connectivity index (χ3v) is 8.48. The van der Waals surface area contributed by atoms with Crippen LogP contribution in [-0.2, 0) is 0 Å². The number of unbranched alkanes of at least 4 members (excludes halogenated alkanes) is 2. The van der Waals surface area contributed by atoms with E-state index in [9.17, 15) is 4.39 Å². The quantitative estimate of drug-likeness (QED) is 0.317. The normalized spacial score (nSPS) is 39.2. The Morgan fingerprint density at radius 3 is 1.96 bits per heavy atom. The highest BCUT2D eigenvalue weighted by Crippen LogP contribution is 2.42. The maximum absolute atomic E-state index is 14.6. The van der Waals surface area contributed by atoms with Crippen molar-refractivity contribution < 1.29 is 4.39 Å². The summed E-state index contributed by atoms with van der Waals surface area (Å²) in [7, 11) is 0. The molecule has 3 rings (SSSR count). The van der Waals surface area contributed by atoms with E-state index >= 15 is 0 Å². The average Bonchev–Trinajstić information content (AvgIpc) is 2.74. The molecule has 1 heteroatoms. The van der Waals surface area contributed by atoms with Crippen LogP contribution in [-0.4, -0.2) is 6.17 Å². The van der Waals surface area contributed by atoms with Crippen LogP contribution in [0.25, 0.3) is 0 Å². The molecule has 0 amide bonds. The lowest BCUT2D eigenvalue weighted by Gasteiger charge is -2.37. The van der Waals surface area contributed by atoms with Crippen LogP contribution in [0.2, 0.25) is 0 Å². The van der Waals surface area contributed by atoms with Crippen molar-refractivity contribution in [3.8, 4) is 11.8 Å². The van der Waals surface area contributed by atoms with Gasteiger partial charge in [-0.2, -0.15) is 0 Å². The van der Waals surface area contributed by atoms with Crippen molar-refractivity contribution in [3.63, 3.8) is 0 Å². The molecule has 3 saturated carbocycles. The van der Waals surface area contributed by atoms with Gasteiger partial charge in [0.15, 0.2) is 0 Å². The standard InChI is InChI=1S/C27H45F/c1-3-5-6-7-23-13-19-26(27(28)20-23)18-12-22-10-16-25(17-11-22)24-14-8-21(4-2)9-15-24/h21-27H,3-11,13-17,19-20H2,1-2H3. The van der Waals surface area contributed by atoms with Gasteiger partial charge in [0.05, 0.1) is 5.92 Å². The molecule has 0 aromatic heterocycles. The first-order valence-corrected chi connectivity index (χ1v) is 12.8. The van der Waals surface area contributed by atoms with E-state index in [0.717, 1.165) is 30.6 Å². The van der Waals surface area contributed by atoms with E-state index in [0.29, 0.717) is 11.8 Å². The highest BCUT2D eigenvalue weighted by Gasteiger charge is 2.31. The van der Waals surface area contributed by atoms with Gasteiger partial charge in [-0.15, -0.1) is 0 Å². The second-order valence-corrected chi connectivity index (χ2v) is 10.4. The molecule has 0 nitrogen and oxygen atoms in total. The Hall–Kier alpha value is -0.510. The smallest absolute Gasteiger partial charge is 0.114 e. The number of rotatable bonds is 6. The molecule has 0 aromatic rings. The summed E-state index contributed by atoms with van der Waals surface area (Å²) in [4.78, 5) is 0. The Morgan fingerprint density at radius 1 is 0.714 bits per heavy atom. The predicted octanol–water partition coefficient (Wildman–Crippen LogP) is 8.35. The molecule has 0 spiro atoms. The largest absolute Gasteiger partial charge is 0.246 e. The van der Waals surface area contributed by atoms with Crippen molar-refractivity contribution in [2.75, 3.05) is 0 Å². The number of alkyl halides is 1. The Labute approximate surface area is 174 Å². The molecule has 28 heavy (non-hydrogen) atoms. The third-order valence-electron chi connectivity index (χ3n) is 8.48. The minimum atomic E-state index is -0.669. The van der Waals surface area contributed by atoms with Gasteiger partial charge in [0.2, 0.25) is 0 Å². The summed E-state index contributed by atoms with van der Waals surface area (Å²) in [6.45, 7) is 4.60. The first-order chi connectivity index (χ1) is 13.7. The van der Waals surface area contributed by atoms with Crippen molar-refractivity contribution in [1.29, 1.82) is 0 Å². The van der Waals surface area contributed by atoms with Gasteiger partial charge < -0.3 is 0 Å². The Morgan fingerprint density at radius 2 is 1.36 bits per heavy atom. The Kier molecular flexibility index (Phi) is 9.20. The van der Waals surface area contributed by atoms with Crippen molar-refractivity contribution in [3.05, 3.63) is 0 Å². The third kappa shape index (κ3) is 6.50. The summed E-state index contributed by atoms with van der Waals surface area (Å²) in [5, 5.41) is 0. The zero-order valence-corrected chi connectivity index (χ0v) is 18.7. The lowest BCUT2D eigenvalue weighted by molar-refractivity contribution is 0.150. The van der Waals surface area contributed by atoms with Crippen LogP contribution >= 0.6 is 0 Å². The van der Waals surface area contributed by atoms with Crippen LogP contribution in [0.4, 0.5) is 4.39 Å². The molecule has 0 saturated heterocycles. The van der Waals surface area contributed by atoms with E-state index in [2.05, 4.69) is 25.7 Å². The van der Waals surface area contributed by atoms with Gasteiger partial charge in [0.25, 0.3) is 0 Å². The molecule has 3 aliphatic carbocycles. The van der Waals surface area contributed by atoms with Crippen molar-refractivity contribution in [2.45, 2.75) is 123 Å². The number of halogens is 1. The zero-order chi connectivity index (χ0) is 19.8. The first-order valence-electron chi connectivity index (χ1n) is 12.8. The highest BCUT2D eigenvalue weighted by molar-refractivity contribution is 5.11. The SMILES string of the molecule is CCCCCC1CCC(C#CC2CCC(C3CCC(CC)CC3)CC2)C(F)C1. The lowest BCUT2D eigenvalue weighted by atomic mass is 9.69. The van der Waals surface area contributed by atoms with Crippen LogP contribution < -0.4 is 0 Å². The maximum atomic E-state index is 14.6. The molecule has 0 N–H and O–H groups in total. The maximum Gasteiger partial charge on any atom is 0.114 e. The van der Waals surface area contributed by atoms with E-state index in [1.165, 1.54) is 89.9 Å². The summed E-state index contributed by atoms with van der Waals surface area (Å²) in [6, 6.07) is 0. The van der Waals surface area contributed by atoms with Gasteiger partial charge in [0, 0.05) is 5.92 Å². The van der Waals surface area contributed by atoms with Gasteiger partial charge in [-0.1, -0.05) is 70.6 Å². The minimum Gasteiger partial charge on any atom is -0.246 e. The molecule has 160 valence electrons. The van der Waals surface area contributed by atoms with Gasteiger partial charge >= 0.3 is 0 Å². The molecular weight excluding hydrogens is 343 g/mol. The highest BCUT2D eigenvalue weighted by atomic mass is 19.1. The van der Waals surface area contributed by atoms with Gasteiger partial charge in [-0.25, -0.2) is 4.39 Å². The van der Waals surface area contributed by atoms with Gasteiger partial charge in [-0.05, 0) is 81.5 Å². The summed E-state index contributed by atoms with van der Waals surface area (Å²) >= 11 is 0. The molecule has 0 bridgehead atoms. The summed E-state index contributed by atoms with van der Waals surface area (Å²) in [5.41, 5.74) is 0. The molecule has 3 aliphatic rings. The minimum absolute atomic E-state index is 0.0319. The summed E-state index contributed by atoms with van der Waals surface area (Å²) < 4.78 is 14.6. The number of hydrogen-bond donors (Lipinski definition) is 0. The van der Waals surface area contributed by atoms with Gasteiger partial charge in [0.1, 0.15) is 6.17 Å². The average molecular weight is 389 g/mol. The van der Waals surface area contributed by atoms with Gasteiger partial charge in [-0.3, -0.25) is 0 Å². The van der Waals surface area contributed by atoms with Crippen LogP contribution in [0.1, 0.15) is 117 Å². The monoisotopic (exact) mass is 388 g/mol.